The molecule has 0 saturated carbocycles. The Morgan fingerprint density at radius 3 is 2.45 bits per heavy atom. The first-order chi connectivity index (χ1) is 14.0. The maximum atomic E-state index is 12.1. The number of carbonyl (C=O) groups excluding carboxylic acids is 3. The third-order valence-electron chi connectivity index (χ3n) is 4.02. The highest BCUT2D eigenvalue weighted by molar-refractivity contribution is 5.96. The van der Waals surface area contributed by atoms with Crippen molar-refractivity contribution in [2.45, 2.75) is 26.4 Å². The number of carbonyl (C=O) groups is 3. The summed E-state index contributed by atoms with van der Waals surface area (Å²) >= 11 is 0. The molecule has 0 spiro atoms. The van der Waals surface area contributed by atoms with Gasteiger partial charge in [0.1, 0.15) is 18.9 Å². The van der Waals surface area contributed by atoms with Crippen molar-refractivity contribution in [3.63, 3.8) is 0 Å². The minimum atomic E-state index is -0.582. The Morgan fingerprint density at radius 2 is 1.76 bits per heavy atom. The molecule has 0 atom stereocenters. The van der Waals surface area contributed by atoms with Crippen LogP contribution in [0.3, 0.4) is 0 Å². The van der Waals surface area contributed by atoms with Crippen LogP contribution in [0.5, 0.6) is 5.75 Å². The molecular weight excluding hydrogens is 374 g/mol. The summed E-state index contributed by atoms with van der Waals surface area (Å²) in [7, 11) is 1.30. The van der Waals surface area contributed by atoms with Crippen molar-refractivity contribution >= 4 is 17.8 Å². The standard InChI is InChI=1S/C22H25NO6/c1-3-4-12-28-19-10-8-17(9-11-19)21(25)23-14-20(24)29-15-16-6-5-7-18(13-16)22(26)27-2/h5-11,13H,3-4,12,14-15H2,1-2H3,(H,23,25). The summed E-state index contributed by atoms with van der Waals surface area (Å²) in [4.78, 5) is 35.5. The van der Waals surface area contributed by atoms with Gasteiger partial charge in [-0.05, 0) is 48.4 Å². The molecule has 0 fully saturated rings. The average Bonchev–Trinajstić information content (AvgIpc) is 2.76. The summed E-state index contributed by atoms with van der Waals surface area (Å²) in [5, 5.41) is 2.52. The molecule has 0 bridgehead atoms. The second-order valence-electron chi connectivity index (χ2n) is 6.26. The lowest BCUT2D eigenvalue weighted by atomic mass is 10.1. The fraction of sp³-hybridized carbons (Fsp3) is 0.318. The SMILES string of the molecule is CCCCOc1ccc(C(=O)NCC(=O)OCc2cccc(C(=O)OC)c2)cc1. The van der Waals surface area contributed by atoms with E-state index in [-0.39, 0.29) is 19.1 Å². The second-order valence-corrected chi connectivity index (χ2v) is 6.26. The van der Waals surface area contributed by atoms with Crippen molar-refractivity contribution in [1.29, 1.82) is 0 Å². The Balaban J connectivity index is 1.77. The number of nitrogens with one attached hydrogen (secondary N) is 1. The maximum Gasteiger partial charge on any atom is 0.337 e. The van der Waals surface area contributed by atoms with Crippen molar-refractivity contribution in [2.75, 3.05) is 20.3 Å². The Labute approximate surface area is 170 Å². The van der Waals surface area contributed by atoms with Crippen LogP contribution in [0.25, 0.3) is 0 Å². The second kappa shape index (κ2) is 11.5. The van der Waals surface area contributed by atoms with Crippen LogP contribution in [0.15, 0.2) is 48.5 Å². The first-order valence-electron chi connectivity index (χ1n) is 9.37. The van der Waals surface area contributed by atoms with Crippen LogP contribution in [0.4, 0.5) is 0 Å². The lowest BCUT2D eigenvalue weighted by Crippen LogP contribution is -2.30. The molecule has 2 rings (SSSR count). The predicted molar refractivity (Wildman–Crippen MR) is 107 cm³/mol. The van der Waals surface area contributed by atoms with E-state index in [4.69, 9.17) is 9.47 Å². The fourth-order valence-corrected chi connectivity index (χ4v) is 2.41. The number of hydrogen-bond acceptors (Lipinski definition) is 6. The van der Waals surface area contributed by atoms with Gasteiger partial charge in [-0.25, -0.2) is 4.79 Å². The van der Waals surface area contributed by atoms with Gasteiger partial charge in [0.05, 0.1) is 19.3 Å². The van der Waals surface area contributed by atoms with Crippen molar-refractivity contribution in [2.24, 2.45) is 0 Å². The van der Waals surface area contributed by atoms with Gasteiger partial charge in [0.15, 0.2) is 0 Å². The zero-order chi connectivity index (χ0) is 21.1. The molecule has 0 aliphatic heterocycles. The number of ether oxygens (including phenoxy) is 3. The molecular formula is C22H25NO6. The molecule has 0 aliphatic carbocycles. The fourth-order valence-electron chi connectivity index (χ4n) is 2.41. The van der Waals surface area contributed by atoms with Crippen LogP contribution >= 0.6 is 0 Å². The van der Waals surface area contributed by atoms with Crippen LogP contribution < -0.4 is 10.1 Å². The molecule has 0 saturated heterocycles. The first-order valence-corrected chi connectivity index (χ1v) is 9.37. The van der Waals surface area contributed by atoms with Crippen LogP contribution in [-0.2, 0) is 20.9 Å². The molecule has 1 amide bonds. The Kier molecular flexibility index (Phi) is 8.69. The average molecular weight is 399 g/mol. The molecule has 0 aliphatic rings. The summed E-state index contributed by atoms with van der Waals surface area (Å²) in [6.07, 6.45) is 2.02. The smallest absolute Gasteiger partial charge is 0.337 e. The van der Waals surface area contributed by atoms with E-state index in [2.05, 4.69) is 17.0 Å². The van der Waals surface area contributed by atoms with Gasteiger partial charge < -0.3 is 19.5 Å². The van der Waals surface area contributed by atoms with Gasteiger partial charge in [0.2, 0.25) is 0 Å². The van der Waals surface area contributed by atoms with Crippen molar-refractivity contribution < 1.29 is 28.6 Å². The Hall–Kier alpha value is -3.35. The van der Waals surface area contributed by atoms with Gasteiger partial charge in [-0.1, -0.05) is 25.5 Å². The van der Waals surface area contributed by atoms with Crippen LogP contribution in [-0.4, -0.2) is 38.1 Å². The number of benzene rings is 2. The number of unbranched alkanes of at least 4 members (excludes halogenated alkanes) is 1. The van der Waals surface area contributed by atoms with Crippen LogP contribution in [0, 0.1) is 0 Å². The lowest BCUT2D eigenvalue weighted by molar-refractivity contribution is -0.143. The largest absolute Gasteiger partial charge is 0.494 e. The molecule has 2 aromatic rings. The van der Waals surface area contributed by atoms with Crippen molar-refractivity contribution in [1.82, 2.24) is 5.32 Å². The normalized spacial score (nSPS) is 10.1. The van der Waals surface area contributed by atoms with Crippen LogP contribution in [0.2, 0.25) is 0 Å². The number of esters is 2. The van der Waals surface area contributed by atoms with E-state index in [9.17, 15) is 14.4 Å². The summed E-state index contributed by atoms with van der Waals surface area (Å²) in [6, 6.07) is 13.3. The van der Waals surface area contributed by atoms with Crippen molar-refractivity contribution in [3.05, 3.63) is 65.2 Å². The molecule has 7 nitrogen and oxygen atoms in total. The molecule has 0 radical (unpaired) electrons. The van der Waals surface area contributed by atoms with E-state index < -0.39 is 11.9 Å². The minimum Gasteiger partial charge on any atom is -0.494 e. The Bertz CT molecular complexity index is 831. The molecule has 0 aromatic heterocycles. The van der Waals surface area contributed by atoms with Gasteiger partial charge >= 0.3 is 11.9 Å². The van der Waals surface area contributed by atoms with Gasteiger partial charge in [0, 0.05) is 5.56 Å². The zero-order valence-electron chi connectivity index (χ0n) is 16.6. The van der Waals surface area contributed by atoms with Gasteiger partial charge in [-0.15, -0.1) is 0 Å². The highest BCUT2D eigenvalue weighted by Crippen LogP contribution is 2.13. The molecule has 0 heterocycles. The minimum absolute atomic E-state index is 0.0106. The summed E-state index contributed by atoms with van der Waals surface area (Å²) < 4.78 is 15.3. The molecule has 154 valence electrons. The monoisotopic (exact) mass is 399 g/mol. The van der Waals surface area contributed by atoms with E-state index in [0.29, 0.717) is 29.0 Å². The van der Waals surface area contributed by atoms with E-state index in [1.54, 1.807) is 48.5 Å². The third kappa shape index (κ3) is 7.29. The first kappa shape index (κ1) is 21.9. The topological polar surface area (TPSA) is 90.9 Å². The number of methoxy groups -OCH3 is 1. The van der Waals surface area contributed by atoms with E-state index in [1.165, 1.54) is 7.11 Å². The van der Waals surface area contributed by atoms with E-state index in [0.717, 1.165) is 12.8 Å². The lowest BCUT2D eigenvalue weighted by Gasteiger charge is -2.09. The van der Waals surface area contributed by atoms with Gasteiger partial charge in [-0.3, -0.25) is 9.59 Å². The molecule has 7 heteroatoms. The summed E-state index contributed by atoms with van der Waals surface area (Å²) in [5.41, 5.74) is 1.44. The zero-order valence-corrected chi connectivity index (χ0v) is 16.6. The molecule has 2 aromatic carbocycles. The highest BCUT2D eigenvalue weighted by atomic mass is 16.5. The molecule has 1 N–H and O–H groups in total. The summed E-state index contributed by atoms with van der Waals surface area (Å²) in [6.45, 7) is 2.45. The third-order valence-corrected chi connectivity index (χ3v) is 4.02. The van der Waals surface area contributed by atoms with Gasteiger partial charge in [0.25, 0.3) is 5.91 Å². The predicted octanol–water partition coefficient (Wildman–Crippen LogP) is 3.13. The quantitative estimate of drug-likeness (QED) is 0.488. The van der Waals surface area contributed by atoms with Crippen LogP contribution in [0.1, 0.15) is 46.0 Å². The Morgan fingerprint density at radius 1 is 1.00 bits per heavy atom. The summed E-state index contributed by atoms with van der Waals surface area (Å²) in [5.74, 6) is -0.730. The maximum absolute atomic E-state index is 12.1. The molecule has 0 unspecified atom stereocenters. The number of amides is 1. The van der Waals surface area contributed by atoms with E-state index in [1.807, 2.05) is 0 Å². The highest BCUT2D eigenvalue weighted by Gasteiger charge is 2.10. The van der Waals surface area contributed by atoms with Gasteiger partial charge in [-0.2, -0.15) is 0 Å². The van der Waals surface area contributed by atoms with E-state index >= 15 is 0 Å². The van der Waals surface area contributed by atoms with Crippen molar-refractivity contribution in [3.8, 4) is 5.75 Å². The number of hydrogen-bond donors (Lipinski definition) is 1. The molecule has 29 heavy (non-hydrogen) atoms. The number of rotatable bonds is 10.